The first kappa shape index (κ1) is 17.0. The molecule has 0 saturated heterocycles. The van der Waals surface area contributed by atoms with Crippen molar-refractivity contribution in [3.8, 4) is 5.75 Å². The van der Waals surface area contributed by atoms with Crippen molar-refractivity contribution >= 4 is 23.2 Å². The molecule has 1 aromatic carbocycles. The summed E-state index contributed by atoms with van der Waals surface area (Å²) < 4.78 is 10.5. The van der Waals surface area contributed by atoms with Gasteiger partial charge >= 0.3 is 5.97 Å². The number of para-hydroxylation sites is 1. The van der Waals surface area contributed by atoms with E-state index in [1.54, 1.807) is 35.6 Å². The SMILES string of the molecule is CCCc1nc(COC(=O)c2ccccc2OCC(N)=O)cs1. The third-order valence-corrected chi connectivity index (χ3v) is 3.85. The molecule has 2 N–H and O–H groups in total. The first-order chi connectivity index (χ1) is 11.1. The summed E-state index contributed by atoms with van der Waals surface area (Å²) >= 11 is 1.56. The van der Waals surface area contributed by atoms with E-state index in [-0.39, 0.29) is 24.5 Å². The van der Waals surface area contributed by atoms with Crippen LogP contribution in [0.5, 0.6) is 5.75 Å². The third-order valence-electron chi connectivity index (χ3n) is 2.89. The molecule has 122 valence electrons. The molecule has 0 fully saturated rings. The lowest BCUT2D eigenvalue weighted by atomic mass is 10.2. The summed E-state index contributed by atoms with van der Waals surface area (Å²) in [6, 6.07) is 6.55. The van der Waals surface area contributed by atoms with Gasteiger partial charge in [-0.3, -0.25) is 4.79 Å². The van der Waals surface area contributed by atoms with Gasteiger partial charge in [-0.25, -0.2) is 9.78 Å². The van der Waals surface area contributed by atoms with Crippen molar-refractivity contribution in [2.24, 2.45) is 5.73 Å². The molecule has 0 aliphatic heterocycles. The van der Waals surface area contributed by atoms with E-state index >= 15 is 0 Å². The summed E-state index contributed by atoms with van der Waals surface area (Å²) in [5.74, 6) is -0.879. The van der Waals surface area contributed by atoms with E-state index in [2.05, 4.69) is 11.9 Å². The normalized spacial score (nSPS) is 10.3. The fraction of sp³-hybridized carbons (Fsp3) is 0.312. The first-order valence-corrected chi connectivity index (χ1v) is 8.08. The number of ether oxygens (including phenoxy) is 2. The summed E-state index contributed by atoms with van der Waals surface area (Å²) in [7, 11) is 0. The Balaban J connectivity index is 1.98. The van der Waals surface area contributed by atoms with Crippen LogP contribution in [0.25, 0.3) is 0 Å². The molecule has 1 aromatic heterocycles. The lowest BCUT2D eigenvalue weighted by molar-refractivity contribution is -0.119. The molecule has 0 unspecified atom stereocenters. The van der Waals surface area contributed by atoms with Crippen LogP contribution in [0.4, 0.5) is 0 Å². The molecule has 6 nitrogen and oxygen atoms in total. The maximum Gasteiger partial charge on any atom is 0.342 e. The standard InChI is InChI=1S/C16H18N2O4S/c1-2-5-15-18-11(10-23-15)8-22-16(20)12-6-3-4-7-13(12)21-9-14(17)19/h3-4,6-7,10H,2,5,8-9H2,1H3,(H2,17,19). The van der Waals surface area contributed by atoms with E-state index in [1.807, 2.05) is 5.38 Å². The van der Waals surface area contributed by atoms with Crippen molar-refractivity contribution in [3.63, 3.8) is 0 Å². The number of primary amides is 1. The minimum atomic E-state index is -0.612. The maximum absolute atomic E-state index is 12.2. The number of hydrogen-bond donors (Lipinski definition) is 1. The molecule has 0 spiro atoms. The summed E-state index contributed by atoms with van der Waals surface area (Å²) in [5, 5.41) is 2.91. The molecule has 7 heteroatoms. The van der Waals surface area contributed by atoms with Crippen LogP contribution in [0.15, 0.2) is 29.6 Å². The zero-order chi connectivity index (χ0) is 16.7. The summed E-state index contributed by atoms with van der Waals surface area (Å²) in [4.78, 5) is 27.4. The van der Waals surface area contributed by atoms with E-state index in [0.717, 1.165) is 23.5 Å². The maximum atomic E-state index is 12.2. The van der Waals surface area contributed by atoms with Crippen LogP contribution in [0.2, 0.25) is 0 Å². The van der Waals surface area contributed by atoms with Gasteiger partial charge in [0.2, 0.25) is 0 Å². The number of amides is 1. The highest BCUT2D eigenvalue weighted by atomic mass is 32.1. The second kappa shape index (κ2) is 8.28. The van der Waals surface area contributed by atoms with Gasteiger partial charge in [-0.05, 0) is 25.0 Å². The molecule has 0 aliphatic carbocycles. The van der Waals surface area contributed by atoms with Gasteiger partial charge in [0.1, 0.15) is 17.9 Å². The highest BCUT2D eigenvalue weighted by Crippen LogP contribution is 2.20. The van der Waals surface area contributed by atoms with Crippen LogP contribution in [0, 0.1) is 0 Å². The molecule has 23 heavy (non-hydrogen) atoms. The molecular weight excluding hydrogens is 316 g/mol. The van der Waals surface area contributed by atoms with Crippen molar-refractivity contribution < 1.29 is 19.1 Å². The smallest absolute Gasteiger partial charge is 0.342 e. The topological polar surface area (TPSA) is 91.5 Å². The van der Waals surface area contributed by atoms with Gasteiger partial charge in [0.25, 0.3) is 5.91 Å². The van der Waals surface area contributed by atoms with Crippen LogP contribution in [0.1, 0.15) is 34.4 Å². The molecule has 1 heterocycles. The predicted molar refractivity (Wildman–Crippen MR) is 86.4 cm³/mol. The Morgan fingerprint density at radius 3 is 2.83 bits per heavy atom. The second-order valence-electron chi connectivity index (χ2n) is 4.81. The number of nitrogens with zero attached hydrogens (tertiary/aromatic N) is 1. The minimum Gasteiger partial charge on any atom is -0.483 e. The highest BCUT2D eigenvalue weighted by Gasteiger charge is 2.15. The largest absolute Gasteiger partial charge is 0.483 e. The lowest BCUT2D eigenvalue weighted by Gasteiger charge is -2.09. The Kier molecular flexibility index (Phi) is 6.10. The van der Waals surface area contributed by atoms with Crippen molar-refractivity contribution in [2.45, 2.75) is 26.4 Å². The average Bonchev–Trinajstić information content (AvgIpc) is 2.99. The number of esters is 1. The number of aromatic nitrogens is 1. The van der Waals surface area contributed by atoms with Gasteiger partial charge in [-0.15, -0.1) is 11.3 Å². The van der Waals surface area contributed by atoms with E-state index in [1.165, 1.54) is 0 Å². The summed E-state index contributed by atoms with van der Waals surface area (Å²) in [6.07, 6.45) is 1.94. The average molecular weight is 334 g/mol. The zero-order valence-electron chi connectivity index (χ0n) is 12.8. The number of aryl methyl sites for hydroxylation is 1. The molecule has 0 aliphatic rings. The third kappa shape index (κ3) is 5.07. The van der Waals surface area contributed by atoms with Crippen molar-refractivity contribution in [2.75, 3.05) is 6.61 Å². The molecule has 0 atom stereocenters. The molecule has 0 bridgehead atoms. The van der Waals surface area contributed by atoms with Gasteiger partial charge in [0.05, 0.1) is 10.7 Å². The Morgan fingerprint density at radius 1 is 1.30 bits per heavy atom. The summed E-state index contributed by atoms with van der Waals surface area (Å²) in [5.41, 5.74) is 6.01. The van der Waals surface area contributed by atoms with Crippen molar-refractivity contribution in [1.29, 1.82) is 0 Å². The number of thiazole rings is 1. The minimum absolute atomic E-state index is 0.100. The predicted octanol–water partition coefficient (Wildman–Crippen LogP) is 2.32. The number of carbonyl (C=O) groups excluding carboxylic acids is 2. The van der Waals surface area contributed by atoms with Gasteiger partial charge in [0, 0.05) is 5.38 Å². The van der Waals surface area contributed by atoms with Crippen molar-refractivity contribution in [3.05, 3.63) is 45.9 Å². The van der Waals surface area contributed by atoms with E-state index in [0.29, 0.717) is 0 Å². The lowest BCUT2D eigenvalue weighted by Crippen LogP contribution is -2.21. The molecule has 1 amide bonds. The van der Waals surface area contributed by atoms with E-state index in [9.17, 15) is 9.59 Å². The molecule has 0 saturated carbocycles. The Hall–Kier alpha value is -2.41. The van der Waals surface area contributed by atoms with Crippen LogP contribution < -0.4 is 10.5 Å². The number of rotatable bonds is 8. The van der Waals surface area contributed by atoms with Crippen LogP contribution in [-0.4, -0.2) is 23.5 Å². The van der Waals surface area contributed by atoms with Gasteiger partial charge < -0.3 is 15.2 Å². The van der Waals surface area contributed by atoms with E-state index < -0.39 is 11.9 Å². The van der Waals surface area contributed by atoms with Crippen LogP contribution in [-0.2, 0) is 22.6 Å². The Labute approximate surface area is 138 Å². The zero-order valence-corrected chi connectivity index (χ0v) is 13.6. The van der Waals surface area contributed by atoms with Gasteiger partial charge in [0.15, 0.2) is 6.61 Å². The van der Waals surface area contributed by atoms with Gasteiger partial charge in [-0.1, -0.05) is 19.1 Å². The summed E-state index contributed by atoms with van der Waals surface area (Å²) in [6.45, 7) is 1.89. The second-order valence-corrected chi connectivity index (χ2v) is 5.75. The fourth-order valence-electron chi connectivity index (χ4n) is 1.87. The first-order valence-electron chi connectivity index (χ1n) is 7.20. The van der Waals surface area contributed by atoms with Gasteiger partial charge in [-0.2, -0.15) is 0 Å². The van der Waals surface area contributed by atoms with Crippen LogP contribution in [0.3, 0.4) is 0 Å². The highest BCUT2D eigenvalue weighted by molar-refractivity contribution is 7.09. The number of carbonyl (C=O) groups is 2. The molecular formula is C16H18N2O4S. The number of hydrogen-bond acceptors (Lipinski definition) is 6. The number of nitrogens with two attached hydrogens (primary N) is 1. The number of benzene rings is 1. The Bertz CT molecular complexity index is 684. The van der Waals surface area contributed by atoms with Crippen molar-refractivity contribution in [1.82, 2.24) is 4.98 Å². The fourth-order valence-corrected chi connectivity index (χ4v) is 2.76. The molecule has 0 radical (unpaired) electrons. The molecule has 2 rings (SSSR count). The monoisotopic (exact) mass is 334 g/mol. The molecule has 2 aromatic rings. The van der Waals surface area contributed by atoms with Crippen LogP contribution >= 0.6 is 11.3 Å². The quantitative estimate of drug-likeness (QED) is 0.748. The Morgan fingerprint density at radius 2 is 2.09 bits per heavy atom. The van der Waals surface area contributed by atoms with E-state index in [4.69, 9.17) is 15.2 Å².